The minimum atomic E-state index is -1.33. The molecular formula is C12H20O4. The molecule has 92 valence electrons. The van der Waals surface area contributed by atoms with E-state index in [4.69, 9.17) is 9.84 Å². The van der Waals surface area contributed by atoms with E-state index in [1.807, 2.05) is 0 Å². The highest BCUT2D eigenvalue weighted by Crippen LogP contribution is 2.05. The normalized spacial score (nSPS) is 9.81. The Balaban J connectivity index is 3.42. The average Bonchev–Trinajstić information content (AvgIpc) is 2.26. The van der Waals surface area contributed by atoms with Gasteiger partial charge in [0.25, 0.3) is 0 Å². The van der Waals surface area contributed by atoms with Crippen LogP contribution in [0.4, 0.5) is 0 Å². The lowest BCUT2D eigenvalue weighted by molar-refractivity contribution is -0.144. The van der Waals surface area contributed by atoms with Gasteiger partial charge in [0.05, 0.1) is 6.61 Å². The molecule has 0 aromatic heterocycles. The Morgan fingerprint density at radius 3 is 2.25 bits per heavy atom. The summed E-state index contributed by atoms with van der Waals surface area (Å²) in [5.74, 6) is -2.16. The fourth-order valence-electron chi connectivity index (χ4n) is 1.22. The summed E-state index contributed by atoms with van der Waals surface area (Å²) >= 11 is 0. The van der Waals surface area contributed by atoms with Crippen molar-refractivity contribution in [2.75, 3.05) is 6.61 Å². The number of ether oxygens (including phenoxy) is 1. The van der Waals surface area contributed by atoms with Crippen LogP contribution >= 0.6 is 0 Å². The predicted molar refractivity (Wildman–Crippen MR) is 61.1 cm³/mol. The smallest absolute Gasteiger partial charge is 0.344 e. The molecule has 0 amide bonds. The van der Waals surface area contributed by atoms with Crippen LogP contribution in [-0.2, 0) is 14.3 Å². The average molecular weight is 228 g/mol. The molecule has 0 aliphatic rings. The van der Waals surface area contributed by atoms with Crippen molar-refractivity contribution in [3.05, 3.63) is 12.2 Å². The first-order valence-electron chi connectivity index (χ1n) is 5.69. The number of carboxylic acids is 1. The van der Waals surface area contributed by atoms with Crippen molar-refractivity contribution < 1.29 is 19.4 Å². The van der Waals surface area contributed by atoms with Gasteiger partial charge in [-0.05, 0) is 6.42 Å². The molecule has 0 spiro atoms. The number of carbonyl (C=O) groups excluding carboxylic acids is 1. The first-order chi connectivity index (χ1) is 7.59. The lowest BCUT2D eigenvalue weighted by Crippen LogP contribution is -2.14. The van der Waals surface area contributed by atoms with Gasteiger partial charge in [0.1, 0.15) is 5.57 Å². The largest absolute Gasteiger partial charge is 0.477 e. The minimum absolute atomic E-state index is 0.275. The molecule has 0 heterocycles. The molecule has 0 aliphatic heterocycles. The van der Waals surface area contributed by atoms with Crippen molar-refractivity contribution in [1.82, 2.24) is 0 Å². The summed E-state index contributed by atoms with van der Waals surface area (Å²) in [6.07, 6.45) is 6.55. The van der Waals surface area contributed by atoms with Crippen molar-refractivity contribution in [3.8, 4) is 0 Å². The Labute approximate surface area is 96.3 Å². The van der Waals surface area contributed by atoms with Crippen molar-refractivity contribution in [3.63, 3.8) is 0 Å². The second-order valence-electron chi connectivity index (χ2n) is 3.69. The Morgan fingerprint density at radius 1 is 1.12 bits per heavy atom. The standard InChI is InChI=1S/C12H20O4/c1-3-4-5-6-7-8-9-16-12(15)10(2)11(13)14/h2-9H2,1H3,(H,13,14). The zero-order valence-corrected chi connectivity index (χ0v) is 9.83. The second-order valence-corrected chi connectivity index (χ2v) is 3.69. The number of hydrogen-bond acceptors (Lipinski definition) is 3. The highest BCUT2D eigenvalue weighted by molar-refractivity contribution is 6.12. The summed E-state index contributed by atoms with van der Waals surface area (Å²) in [7, 11) is 0. The summed E-state index contributed by atoms with van der Waals surface area (Å²) in [5.41, 5.74) is -0.508. The second kappa shape index (κ2) is 8.95. The third-order valence-corrected chi connectivity index (χ3v) is 2.24. The fraction of sp³-hybridized carbons (Fsp3) is 0.667. The van der Waals surface area contributed by atoms with Crippen molar-refractivity contribution in [2.45, 2.75) is 45.4 Å². The van der Waals surface area contributed by atoms with E-state index < -0.39 is 17.5 Å². The minimum Gasteiger partial charge on any atom is -0.477 e. The van der Waals surface area contributed by atoms with Gasteiger partial charge in [-0.15, -0.1) is 0 Å². The van der Waals surface area contributed by atoms with Crippen molar-refractivity contribution >= 4 is 11.9 Å². The number of rotatable bonds is 9. The van der Waals surface area contributed by atoms with Crippen LogP contribution < -0.4 is 0 Å². The number of aliphatic carboxylic acids is 1. The van der Waals surface area contributed by atoms with E-state index in [0.29, 0.717) is 0 Å². The third-order valence-electron chi connectivity index (χ3n) is 2.24. The van der Waals surface area contributed by atoms with E-state index in [1.165, 1.54) is 19.3 Å². The molecular weight excluding hydrogens is 208 g/mol. The SMILES string of the molecule is C=C(C(=O)O)C(=O)OCCCCCCCC. The monoisotopic (exact) mass is 228 g/mol. The molecule has 4 nitrogen and oxygen atoms in total. The van der Waals surface area contributed by atoms with Gasteiger partial charge in [-0.2, -0.15) is 0 Å². The van der Waals surface area contributed by atoms with Crippen molar-refractivity contribution in [1.29, 1.82) is 0 Å². The third kappa shape index (κ3) is 7.04. The Bertz CT molecular complexity index is 245. The fourth-order valence-corrected chi connectivity index (χ4v) is 1.22. The maximum absolute atomic E-state index is 11.0. The van der Waals surface area contributed by atoms with E-state index >= 15 is 0 Å². The van der Waals surface area contributed by atoms with E-state index in [9.17, 15) is 9.59 Å². The number of carboxylic acid groups (broad SMARTS) is 1. The Morgan fingerprint density at radius 2 is 1.69 bits per heavy atom. The molecule has 0 saturated carbocycles. The summed E-state index contributed by atoms with van der Waals surface area (Å²) in [4.78, 5) is 21.4. The van der Waals surface area contributed by atoms with Gasteiger partial charge in [-0.1, -0.05) is 45.6 Å². The molecule has 0 radical (unpaired) electrons. The summed E-state index contributed by atoms with van der Waals surface area (Å²) in [5, 5.41) is 8.45. The zero-order valence-electron chi connectivity index (χ0n) is 9.83. The first-order valence-corrected chi connectivity index (χ1v) is 5.69. The van der Waals surface area contributed by atoms with Crippen LogP contribution in [-0.4, -0.2) is 23.7 Å². The predicted octanol–water partition coefficient (Wildman–Crippen LogP) is 2.53. The highest BCUT2D eigenvalue weighted by Gasteiger charge is 2.15. The molecule has 0 rings (SSSR count). The quantitative estimate of drug-likeness (QED) is 0.216. The van der Waals surface area contributed by atoms with E-state index in [2.05, 4.69) is 13.5 Å². The highest BCUT2D eigenvalue weighted by atomic mass is 16.5. The van der Waals surface area contributed by atoms with Crippen LogP contribution in [0, 0.1) is 0 Å². The molecule has 0 unspecified atom stereocenters. The van der Waals surface area contributed by atoms with Crippen LogP contribution in [0.1, 0.15) is 45.4 Å². The van der Waals surface area contributed by atoms with Crippen molar-refractivity contribution in [2.24, 2.45) is 0 Å². The maximum atomic E-state index is 11.0. The molecule has 16 heavy (non-hydrogen) atoms. The summed E-state index contributed by atoms with van der Waals surface area (Å²) < 4.78 is 4.75. The number of unbranched alkanes of at least 4 members (excludes halogenated alkanes) is 5. The zero-order chi connectivity index (χ0) is 12.4. The summed E-state index contributed by atoms with van der Waals surface area (Å²) in [6, 6.07) is 0. The van der Waals surface area contributed by atoms with Gasteiger partial charge in [0.15, 0.2) is 0 Å². The summed E-state index contributed by atoms with van der Waals surface area (Å²) in [6.45, 7) is 5.55. The van der Waals surface area contributed by atoms with Gasteiger partial charge in [-0.25, -0.2) is 9.59 Å². The Kier molecular flexibility index (Phi) is 8.21. The van der Waals surface area contributed by atoms with Gasteiger partial charge in [0, 0.05) is 0 Å². The Hall–Kier alpha value is -1.32. The van der Waals surface area contributed by atoms with E-state index in [0.717, 1.165) is 19.3 Å². The molecule has 0 aliphatic carbocycles. The van der Waals surface area contributed by atoms with Gasteiger partial charge in [-0.3, -0.25) is 0 Å². The number of hydrogen-bond donors (Lipinski definition) is 1. The van der Waals surface area contributed by atoms with Crippen LogP contribution in [0.3, 0.4) is 0 Å². The lowest BCUT2D eigenvalue weighted by Gasteiger charge is -2.04. The molecule has 0 aromatic carbocycles. The molecule has 0 bridgehead atoms. The first kappa shape index (κ1) is 14.7. The van der Waals surface area contributed by atoms with Crippen LogP contribution in [0.25, 0.3) is 0 Å². The number of esters is 1. The molecule has 1 N–H and O–H groups in total. The van der Waals surface area contributed by atoms with Gasteiger partial charge >= 0.3 is 11.9 Å². The van der Waals surface area contributed by atoms with Crippen LogP contribution in [0.2, 0.25) is 0 Å². The van der Waals surface area contributed by atoms with Gasteiger partial charge in [0.2, 0.25) is 0 Å². The van der Waals surface area contributed by atoms with E-state index in [-0.39, 0.29) is 6.61 Å². The van der Waals surface area contributed by atoms with E-state index in [1.54, 1.807) is 0 Å². The molecule has 0 atom stereocenters. The molecule has 0 fully saturated rings. The topological polar surface area (TPSA) is 63.6 Å². The lowest BCUT2D eigenvalue weighted by atomic mass is 10.1. The molecule has 0 saturated heterocycles. The van der Waals surface area contributed by atoms with Crippen LogP contribution in [0.5, 0.6) is 0 Å². The maximum Gasteiger partial charge on any atom is 0.344 e. The van der Waals surface area contributed by atoms with Crippen LogP contribution in [0.15, 0.2) is 12.2 Å². The molecule has 4 heteroatoms. The molecule has 0 aromatic rings. The number of carbonyl (C=O) groups is 2. The van der Waals surface area contributed by atoms with Gasteiger partial charge < -0.3 is 9.84 Å².